The average molecular weight is 493 g/mol. The number of aryl methyl sites for hydroxylation is 2. The quantitative estimate of drug-likeness (QED) is 0.288. The summed E-state index contributed by atoms with van der Waals surface area (Å²) in [7, 11) is 1.91. The first-order valence-electron chi connectivity index (χ1n) is 11.3. The van der Waals surface area contributed by atoms with Gasteiger partial charge in [-0.1, -0.05) is 74.1 Å². The number of amides is 1. The fourth-order valence-corrected chi connectivity index (χ4v) is 5.03. The average Bonchev–Trinajstić information content (AvgIpc) is 3.48. The molecule has 4 rings (SSSR count). The van der Waals surface area contributed by atoms with E-state index >= 15 is 0 Å². The molecule has 0 bridgehead atoms. The normalized spacial score (nSPS) is 10.9. The van der Waals surface area contributed by atoms with Gasteiger partial charge in [0.2, 0.25) is 5.91 Å². The van der Waals surface area contributed by atoms with Crippen molar-refractivity contribution >= 4 is 39.8 Å². The van der Waals surface area contributed by atoms with E-state index in [-0.39, 0.29) is 11.7 Å². The summed E-state index contributed by atoms with van der Waals surface area (Å²) >= 11 is 2.94. The molecule has 0 radical (unpaired) electrons. The second-order valence-electron chi connectivity index (χ2n) is 7.71. The standard InChI is InChI=1S/C25H28N6OS2/c1-4-17-12-9-13-18(5-2)23(17)28-22(32)16-34-25-30-29-21(31(25)3)14-26-24-27-20(15-33-24)19-10-7-6-8-11-19/h6-13,15H,4-5,14,16H2,1-3H3,(H,26,27)(H,28,32). The van der Waals surface area contributed by atoms with Gasteiger partial charge in [0, 0.05) is 23.7 Å². The Morgan fingerprint density at radius 1 is 1.03 bits per heavy atom. The van der Waals surface area contributed by atoms with Crippen LogP contribution in [0.1, 0.15) is 30.8 Å². The highest BCUT2D eigenvalue weighted by Gasteiger charge is 2.14. The molecule has 2 aromatic heterocycles. The first-order valence-corrected chi connectivity index (χ1v) is 13.1. The highest BCUT2D eigenvalue weighted by atomic mass is 32.2. The van der Waals surface area contributed by atoms with Gasteiger partial charge in [0.25, 0.3) is 0 Å². The number of aromatic nitrogens is 4. The molecule has 0 atom stereocenters. The molecule has 0 fully saturated rings. The van der Waals surface area contributed by atoms with Crippen molar-refractivity contribution in [3.05, 3.63) is 70.9 Å². The molecule has 2 heterocycles. The zero-order valence-corrected chi connectivity index (χ0v) is 21.2. The Balaban J connectivity index is 1.33. The Kier molecular flexibility index (Phi) is 7.97. The fraction of sp³-hybridized carbons (Fsp3) is 0.280. The van der Waals surface area contributed by atoms with Crippen LogP contribution in [0.2, 0.25) is 0 Å². The van der Waals surface area contributed by atoms with Gasteiger partial charge in [-0.25, -0.2) is 4.98 Å². The lowest BCUT2D eigenvalue weighted by atomic mass is 10.0. The van der Waals surface area contributed by atoms with Crippen molar-refractivity contribution < 1.29 is 4.79 Å². The van der Waals surface area contributed by atoms with Crippen LogP contribution in [0, 0.1) is 0 Å². The summed E-state index contributed by atoms with van der Waals surface area (Å²) in [6, 6.07) is 16.3. The van der Waals surface area contributed by atoms with Crippen molar-refractivity contribution in [2.75, 3.05) is 16.4 Å². The topological polar surface area (TPSA) is 84.7 Å². The Morgan fingerprint density at radius 2 is 1.76 bits per heavy atom. The van der Waals surface area contributed by atoms with E-state index in [4.69, 9.17) is 0 Å². The summed E-state index contributed by atoms with van der Waals surface area (Å²) in [4.78, 5) is 17.3. The molecular formula is C25H28N6OS2. The van der Waals surface area contributed by atoms with Gasteiger partial charge in [-0.3, -0.25) is 4.79 Å². The van der Waals surface area contributed by atoms with Crippen molar-refractivity contribution in [3.63, 3.8) is 0 Å². The SMILES string of the molecule is CCc1cccc(CC)c1NC(=O)CSc1nnc(CNc2nc(-c3ccccc3)cs2)n1C. The largest absolute Gasteiger partial charge is 0.354 e. The van der Waals surface area contributed by atoms with Crippen LogP contribution >= 0.6 is 23.1 Å². The molecule has 34 heavy (non-hydrogen) atoms. The lowest BCUT2D eigenvalue weighted by Crippen LogP contribution is -2.17. The number of rotatable bonds is 10. The monoisotopic (exact) mass is 492 g/mol. The second-order valence-corrected chi connectivity index (χ2v) is 9.51. The number of para-hydroxylation sites is 1. The first-order chi connectivity index (χ1) is 16.6. The Labute approximate surface area is 208 Å². The number of carbonyl (C=O) groups excluding carboxylic acids is 1. The van der Waals surface area contributed by atoms with Gasteiger partial charge in [-0.2, -0.15) is 0 Å². The van der Waals surface area contributed by atoms with E-state index < -0.39 is 0 Å². The van der Waals surface area contributed by atoms with E-state index in [1.165, 1.54) is 11.8 Å². The molecule has 0 unspecified atom stereocenters. The summed E-state index contributed by atoms with van der Waals surface area (Å²) in [6.07, 6.45) is 1.75. The summed E-state index contributed by atoms with van der Waals surface area (Å²) in [5.41, 5.74) is 5.29. The van der Waals surface area contributed by atoms with E-state index in [1.54, 1.807) is 11.3 Å². The first kappa shape index (κ1) is 24.0. The number of anilines is 2. The summed E-state index contributed by atoms with van der Waals surface area (Å²) in [5, 5.41) is 18.6. The van der Waals surface area contributed by atoms with Crippen molar-refractivity contribution in [2.24, 2.45) is 7.05 Å². The molecule has 176 valence electrons. The molecule has 1 amide bonds. The molecule has 4 aromatic rings. The summed E-state index contributed by atoms with van der Waals surface area (Å²) < 4.78 is 1.91. The van der Waals surface area contributed by atoms with Crippen LogP contribution in [0.4, 0.5) is 10.8 Å². The van der Waals surface area contributed by atoms with Crippen molar-refractivity contribution in [3.8, 4) is 11.3 Å². The molecule has 2 aromatic carbocycles. The van der Waals surface area contributed by atoms with E-state index in [2.05, 4.69) is 51.8 Å². The molecule has 0 saturated carbocycles. The van der Waals surface area contributed by atoms with Gasteiger partial charge < -0.3 is 15.2 Å². The van der Waals surface area contributed by atoms with Crippen LogP contribution in [0.15, 0.2) is 59.1 Å². The number of nitrogens with one attached hydrogen (secondary N) is 2. The number of benzene rings is 2. The molecule has 0 aliphatic rings. The lowest BCUT2D eigenvalue weighted by Gasteiger charge is -2.14. The van der Waals surface area contributed by atoms with Gasteiger partial charge in [-0.05, 0) is 24.0 Å². The predicted molar refractivity (Wildman–Crippen MR) is 140 cm³/mol. The van der Waals surface area contributed by atoms with Crippen LogP contribution in [0.25, 0.3) is 11.3 Å². The lowest BCUT2D eigenvalue weighted by molar-refractivity contribution is -0.113. The predicted octanol–water partition coefficient (Wildman–Crippen LogP) is 5.41. The van der Waals surface area contributed by atoms with E-state index in [1.807, 2.05) is 53.4 Å². The molecule has 2 N–H and O–H groups in total. The number of carbonyl (C=O) groups is 1. The maximum atomic E-state index is 12.7. The molecule has 0 aliphatic heterocycles. The van der Waals surface area contributed by atoms with E-state index in [9.17, 15) is 4.79 Å². The van der Waals surface area contributed by atoms with Gasteiger partial charge in [0.1, 0.15) is 0 Å². The van der Waals surface area contributed by atoms with Crippen LogP contribution in [-0.4, -0.2) is 31.4 Å². The Bertz CT molecular complexity index is 1230. The van der Waals surface area contributed by atoms with E-state index in [0.717, 1.165) is 51.9 Å². The zero-order chi connectivity index (χ0) is 23.9. The second kappa shape index (κ2) is 11.3. The smallest absolute Gasteiger partial charge is 0.234 e. The number of hydrogen-bond acceptors (Lipinski definition) is 7. The minimum absolute atomic E-state index is 0.0421. The molecule has 0 saturated heterocycles. The van der Waals surface area contributed by atoms with Gasteiger partial charge in [0.05, 0.1) is 18.0 Å². The van der Waals surface area contributed by atoms with Gasteiger partial charge in [-0.15, -0.1) is 21.5 Å². The molecule has 7 nitrogen and oxygen atoms in total. The van der Waals surface area contributed by atoms with E-state index in [0.29, 0.717) is 11.7 Å². The number of thioether (sulfide) groups is 1. The maximum Gasteiger partial charge on any atom is 0.234 e. The number of hydrogen-bond donors (Lipinski definition) is 2. The Hall–Kier alpha value is -3.17. The third kappa shape index (κ3) is 5.66. The molecule has 9 heteroatoms. The highest BCUT2D eigenvalue weighted by molar-refractivity contribution is 7.99. The van der Waals surface area contributed by atoms with Crippen LogP contribution in [0.3, 0.4) is 0 Å². The molecule has 0 spiro atoms. The minimum atomic E-state index is -0.0421. The maximum absolute atomic E-state index is 12.7. The highest BCUT2D eigenvalue weighted by Crippen LogP contribution is 2.26. The van der Waals surface area contributed by atoms with Crippen molar-refractivity contribution in [2.45, 2.75) is 38.4 Å². The third-order valence-corrected chi connectivity index (χ3v) is 7.31. The molecule has 0 aliphatic carbocycles. The summed E-state index contributed by atoms with van der Waals surface area (Å²) in [6.45, 7) is 4.70. The van der Waals surface area contributed by atoms with Crippen molar-refractivity contribution in [1.29, 1.82) is 0 Å². The van der Waals surface area contributed by atoms with Crippen LogP contribution in [0.5, 0.6) is 0 Å². The third-order valence-electron chi connectivity index (χ3n) is 5.49. The van der Waals surface area contributed by atoms with Crippen molar-refractivity contribution in [1.82, 2.24) is 19.7 Å². The minimum Gasteiger partial charge on any atom is -0.354 e. The Morgan fingerprint density at radius 3 is 2.47 bits per heavy atom. The van der Waals surface area contributed by atoms with Crippen LogP contribution < -0.4 is 10.6 Å². The summed E-state index contributed by atoms with van der Waals surface area (Å²) in [5.74, 6) is 1.01. The number of nitrogens with zero attached hydrogens (tertiary/aromatic N) is 4. The van der Waals surface area contributed by atoms with Gasteiger partial charge in [0.15, 0.2) is 16.1 Å². The fourth-order valence-electron chi connectivity index (χ4n) is 3.58. The zero-order valence-electron chi connectivity index (χ0n) is 19.5. The van der Waals surface area contributed by atoms with Crippen LogP contribution in [-0.2, 0) is 31.2 Å². The van der Waals surface area contributed by atoms with Gasteiger partial charge >= 0.3 is 0 Å². The molecular weight excluding hydrogens is 464 g/mol. The number of thiazole rings is 1.